The van der Waals surface area contributed by atoms with Gasteiger partial charge < -0.3 is 5.73 Å². The zero-order valence-electron chi connectivity index (χ0n) is 7.26. The van der Waals surface area contributed by atoms with Gasteiger partial charge in [-0.2, -0.15) is 0 Å². The highest BCUT2D eigenvalue weighted by Crippen LogP contribution is 2.37. The first kappa shape index (κ1) is 7.60. The van der Waals surface area contributed by atoms with E-state index >= 15 is 0 Å². The molecule has 1 unspecified atom stereocenters. The van der Waals surface area contributed by atoms with Gasteiger partial charge in [0.25, 0.3) is 0 Å². The molecule has 2 bridgehead atoms. The summed E-state index contributed by atoms with van der Waals surface area (Å²) < 4.78 is 0. The Morgan fingerprint density at radius 2 is 1.36 bits per heavy atom. The molecule has 0 spiro atoms. The molecule has 11 heavy (non-hydrogen) atoms. The van der Waals surface area contributed by atoms with Crippen LogP contribution in [0.4, 0.5) is 0 Å². The van der Waals surface area contributed by atoms with Gasteiger partial charge in [0.1, 0.15) is 0 Å². The van der Waals surface area contributed by atoms with Crippen molar-refractivity contribution in [3.63, 3.8) is 0 Å². The molecular formula is C10H19N. The molecule has 0 radical (unpaired) electrons. The van der Waals surface area contributed by atoms with Crippen molar-refractivity contribution in [1.82, 2.24) is 0 Å². The molecule has 3 atom stereocenters. The molecule has 0 heterocycles. The van der Waals surface area contributed by atoms with E-state index in [0.29, 0.717) is 6.04 Å². The fourth-order valence-electron chi connectivity index (χ4n) is 2.95. The van der Waals surface area contributed by atoms with Crippen molar-refractivity contribution >= 4 is 0 Å². The van der Waals surface area contributed by atoms with Crippen molar-refractivity contribution in [3.8, 4) is 0 Å². The fraction of sp³-hybridized carbons (Fsp3) is 1.00. The first-order chi connectivity index (χ1) is 5.34. The standard InChI is InChI=1S/C10H19N/c11-10-6-8-3-1-2-4-9(5-8)7-10/h8-10H,1-7,11H2/t8-,9+,10?. The molecule has 0 aromatic rings. The van der Waals surface area contributed by atoms with Crippen LogP contribution in [0.15, 0.2) is 0 Å². The van der Waals surface area contributed by atoms with E-state index in [2.05, 4.69) is 0 Å². The summed E-state index contributed by atoms with van der Waals surface area (Å²) in [6.07, 6.45) is 9.98. The Bertz CT molecular complexity index is 119. The van der Waals surface area contributed by atoms with Crippen LogP contribution in [0.25, 0.3) is 0 Å². The van der Waals surface area contributed by atoms with Gasteiger partial charge in [-0.3, -0.25) is 0 Å². The molecule has 2 aliphatic rings. The number of hydrogen-bond donors (Lipinski definition) is 1. The minimum Gasteiger partial charge on any atom is -0.328 e. The second-order valence-corrected chi connectivity index (χ2v) is 4.48. The Hall–Kier alpha value is -0.0400. The topological polar surface area (TPSA) is 26.0 Å². The van der Waals surface area contributed by atoms with Crippen molar-refractivity contribution in [2.75, 3.05) is 0 Å². The highest BCUT2D eigenvalue weighted by Gasteiger charge is 2.28. The minimum absolute atomic E-state index is 0.539. The van der Waals surface area contributed by atoms with E-state index in [-0.39, 0.29) is 0 Å². The van der Waals surface area contributed by atoms with Gasteiger partial charge in [-0.05, 0) is 31.1 Å². The van der Waals surface area contributed by atoms with E-state index in [4.69, 9.17) is 5.73 Å². The average Bonchev–Trinajstić information content (AvgIpc) is 2.11. The van der Waals surface area contributed by atoms with Crippen molar-refractivity contribution < 1.29 is 0 Å². The maximum Gasteiger partial charge on any atom is 0.00441 e. The molecule has 2 N–H and O–H groups in total. The number of nitrogens with two attached hydrogens (primary N) is 1. The third-order valence-corrected chi connectivity index (χ3v) is 3.41. The lowest BCUT2D eigenvalue weighted by atomic mass is 9.78. The van der Waals surface area contributed by atoms with Gasteiger partial charge in [0.2, 0.25) is 0 Å². The van der Waals surface area contributed by atoms with Crippen LogP contribution in [0, 0.1) is 11.8 Å². The Labute approximate surface area is 69.4 Å². The summed E-state index contributed by atoms with van der Waals surface area (Å²) in [7, 11) is 0. The molecule has 2 aliphatic carbocycles. The maximum atomic E-state index is 5.99. The molecule has 2 rings (SSSR count). The molecule has 0 saturated heterocycles. The molecule has 0 aliphatic heterocycles. The SMILES string of the molecule is NC1C[C@H]2CCCC[C@@H](C1)C2. The van der Waals surface area contributed by atoms with Gasteiger partial charge in [-0.1, -0.05) is 25.7 Å². The van der Waals surface area contributed by atoms with Crippen molar-refractivity contribution in [3.05, 3.63) is 0 Å². The summed E-state index contributed by atoms with van der Waals surface area (Å²) >= 11 is 0. The lowest BCUT2D eigenvalue weighted by Crippen LogP contribution is -2.31. The Kier molecular flexibility index (Phi) is 2.17. The minimum atomic E-state index is 0.539. The van der Waals surface area contributed by atoms with E-state index in [1.54, 1.807) is 0 Å². The van der Waals surface area contributed by atoms with Crippen LogP contribution in [0.3, 0.4) is 0 Å². The summed E-state index contributed by atoms with van der Waals surface area (Å²) in [6, 6.07) is 0.539. The van der Waals surface area contributed by atoms with E-state index in [0.717, 1.165) is 11.8 Å². The lowest BCUT2D eigenvalue weighted by Gasteiger charge is -2.30. The van der Waals surface area contributed by atoms with E-state index in [9.17, 15) is 0 Å². The van der Waals surface area contributed by atoms with E-state index in [1.165, 1.54) is 44.9 Å². The Morgan fingerprint density at radius 1 is 0.818 bits per heavy atom. The maximum absolute atomic E-state index is 5.99. The van der Waals surface area contributed by atoms with Gasteiger partial charge >= 0.3 is 0 Å². The summed E-state index contributed by atoms with van der Waals surface area (Å²) in [4.78, 5) is 0. The van der Waals surface area contributed by atoms with Gasteiger partial charge in [0.15, 0.2) is 0 Å². The third kappa shape index (κ3) is 1.76. The lowest BCUT2D eigenvalue weighted by molar-refractivity contribution is 0.243. The first-order valence-electron chi connectivity index (χ1n) is 5.10. The van der Waals surface area contributed by atoms with Gasteiger partial charge in [0, 0.05) is 6.04 Å². The van der Waals surface area contributed by atoms with E-state index in [1.807, 2.05) is 0 Å². The molecular weight excluding hydrogens is 134 g/mol. The normalized spacial score (nSPS) is 45.0. The summed E-state index contributed by atoms with van der Waals surface area (Å²) in [5.74, 6) is 1.98. The van der Waals surface area contributed by atoms with Crippen LogP contribution < -0.4 is 5.73 Å². The fourth-order valence-corrected chi connectivity index (χ4v) is 2.95. The second-order valence-electron chi connectivity index (χ2n) is 4.48. The molecule has 2 saturated carbocycles. The quantitative estimate of drug-likeness (QED) is 0.568. The van der Waals surface area contributed by atoms with Gasteiger partial charge in [-0.15, -0.1) is 0 Å². The van der Waals surface area contributed by atoms with Crippen LogP contribution in [0.2, 0.25) is 0 Å². The van der Waals surface area contributed by atoms with Crippen LogP contribution in [-0.2, 0) is 0 Å². The molecule has 1 heteroatoms. The van der Waals surface area contributed by atoms with Gasteiger partial charge in [0.05, 0.1) is 0 Å². The second kappa shape index (κ2) is 3.14. The van der Waals surface area contributed by atoms with Crippen LogP contribution in [0.5, 0.6) is 0 Å². The molecule has 0 aromatic carbocycles. The predicted octanol–water partition coefficient (Wildman–Crippen LogP) is 2.30. The van der Waals surface area contributed by atoms with Crippen molar-refractivity contribution in [2.24, 2.45) is 17.6 Å². The first-order valence-corrected chi connectivity index (χ1v) is 5.10. The van der Waals surface area contributed by atoms with Gasteiger partial charge in [-0.25, -0.2) is 0 Å². The number of fused-ring (bicyclic) bond motifs is 2. The van der Waals surface area contributed by atoms with E-state index < -0.39 is 0 Å². The highest BCUT2D eigenvalue weighted by molar-refractivity contribution is 4.83. The van der Waals surface area contributed by atoms with Crippen LogP contribution >= 0.6 is 0 Å². The molecule has 0 amide bonds. The highest BCUT2D eigenvalue weighted by atomic mass is 14.6. The monoisotopic (exact) mass is 153 g/mol. The third-order valence-electron chi connectivity index (χ3n) is 3.41. The average molecular weight is 153 g/mol. The molecule has 0 aromatic heterocycles. The van der Waals surface area contributed by atoms with Crippen molar-refractivity contribution in [2.45, 2.75) is 51.0 Å². The Morgan fingerprint density at radius 3 is 1.91 bits per heavy atom. The van der Waals surface area contributed by atoms with Crippen molar-refractivity contribution in [1.29, 1.82) is 0 Å². The smallest absolute Gasteiger partial charge is 0.00441 e. The summed E-state index contributed by atoms with van der Waals surface area (Å²) in [5.41, 5.74) is 5.99. The Balaban J connectivity index is 1.99. The molecule has 1 nitrogen and oxygen atoms in total. The zero-order valence-corrected chi connectivity index (χ0v) is 7.26. The number of rotatable bonds is 0. The molecule has 64 valence electrons. The zero-order chi connectivity index (χ0) is 7.68. The summed E-state index contributed by atoms with van der Waals surface area (Å²) in [5, 5.41) is 0. The van der Waals surface area contributed by atoms with Crippen LogP contribution in [0.1, 0.15) is 44.9 Å². The molecule has 2 fully saturated rings. The summed E-state index contributed by atoms with van der Waals surface area (Å²) in [6.45, 7) is 0. The predicted molar refractivity (Wildman–Crippen MR) is 47.3 cm³/mol. The van der Waals surface area contributed by atoms with Crippen LogP contribution in [-0.4, -0.2) is 6.04 Å². The number of hydrogen-bond acceptors (Lipinski definition) is 1. The largest absolute Gasteiger partial charge is 0.328 e.